The Bertz CT molecular complexity index is 1160. The Morgan fingerprint density at radius 1 is 1.11 bits per heavy atom. The summed E-state index contributed by atoms with van der Waals surface area (Å²) in [6.45, 7) is 2.31. The van der Waals surface area contributed by atoms with Gasteiger partial charge in [-0.05, 0) is 12.1 Å². The highest BCUT2D eigenvalue weighted by atomic mass is 16.2. The maximum Gasteiger partial charge on any atom is 0.275 e. The first-order valence-corrected chi connectivity index (χ1v) is 8.94. The number of benzene rings is 1. The molecule has 28 heavy (non-hydrogen) atoms. The van der Waals surface area contributed by atoms with Crippen molar-refractivity contribution in [3.63, 3.8) is 0 Å². The van der Waals surface area contributed by atoms with Crippen molar-refractivity contribution in [1.82, 2.24) is 19.7 Å². The van der Waals surface area contributed by atoms with E-state index in [2.05, 4.69) is 21.1 Å². The standard InChI is InChI=1S/C20H18N6O2/c1-24-19(27)17-5-3-2-4-16(17)18(23-24)20(28)26-8-6-25(7-9-26)15-10-14(11-21)12-22-13-15/h2-5,10,12-13H,6-9H2,1H3. The topological polar surface area (TPSA) is 95.1 Å². The van der Waals surface area contributed by atoms with Crippen LogP contribution in [0.5, 0.6) is 0 Å². The number of carbonyl (C=O) groups is 1. The fourth-order valence-electron chi connectivity index (χ4n) is 3.44. The molecule has 8 heteroatoms. The molecule has 1 aromatic carbocycles. The molecule has 0 unspecified atom stereocenters. The Kier molecular flexibility index (Phi) is 4.49. The lowest BCUT2D eigenvalue weighted by Gasteiger charge is -2.35. The second-order valence-corrected chi connectivity index (χ2v) is 6.65. The second kappa shape index (κ2) is 7.12. The average molecular weight is 374 g/mol. The van der Waals surface area contributed by atoms with Gasteiger partial charge in [-0.15, -0.1) is 0 Å². The van der Waals surface area contributed by atoms with Gasteiger partial charge in [0.05, 0.1) is 22.8 Å². The molecule has 3 heterocycles. The van der Waals surface area contributed by atoms with Crippen LogP contribution in [0.1, 0.15) is 16.1 Å². The number of aromatic nitrogens is 3. The van der Waals surface area contributed by atoms with Gasteiger partial charge in [0.1, 0.15) is 6.07 Å². The van der Waals surface area contributed by atoms with Crippen LogP contribution in [0.2, 0.25) is 0 Å². The molecule has 140 valence electrons. The van der Waals surface area contributed by atoms with E-state index < -0.39 is 0 Å². The average Bonchev–Trinajstić information content (AvgIpc) is 2.76. The lowest BCUT2D eigenvalue weighted by Crippen LogP contribution is -2.49. The number of nitriles is 1. The smallest absolute Gasteiger partial charge is 0.275 e. The second-order valence-electron chi connectivity index (χ2n) is 6.65. The van der Waals surface area contributed by atoms with Gasteiger partial charge in [-0.3, -0.25) is 14.6 Å². The minimum atomic E-state index is -0.221. The number of nitrogens with zero attached hydrogens (tertiary/aromatic N) is 6. The zero-order chi connectivity index (χ0) is 19.7. The lowest BCUT2D eigenvalue weighted by atomic mass is 10.1. The Labute approximate surface area is 161 Å². The molecule has 1 amide bonds. The third-order valence-corrected chi connectivity index (χ3v) is 4.94. The number of aryl methyl sites for hydroxylation is 1. The van der Waals surface area contributed by atoms with E-state index in [1.165, 1.54) is 10.9 Å². The predicted molar refractivity (Wildman–Crippen MR) is 104 cm³/mol. The fourth-order valence-corrected chi connectivity index (χ4v) is 3.44. The first kappa shape index (κ1) is 17.7. The van der Waals surface area contributed by atoms with Crippen molar-refractivity contribution in [2.45, 2.75) is 0 Å². The number of hydrogen-bond donors (Lipinski definition) is 0. The van der Waals surface area contributed by atoms with E-state index in [4.69, 9.17) is 5.26 Å². The van der Waals surface area contributed by atoms with Gasteiger partial charge in [0.15, 0.2) is 5.69 Å². The van der Waals surface area contributed by atoms with Gasteiger partial charge >= 0.3 is 0 Å². The number of carbonyl (C=O) groups excluding carboxylic acids is 1. The SMILES string of the molecule is Cn1nc(C(=O)N2CCN(c3cncc(C#N)c3)CC2)c2ccccc2c1=O. The van der Waals surface area contributed by atoms with Crippen molar-refractivity contribution in [3.05, 3.63) is 64.3 Å². The van der Waals surface area contributed by atoms with Gasteiger partial charge < -0.3 is 9.80 Å². The van der Waals surface area contributed by atoms with Crippen molar-refractivity contribution in [2.75, 3.05) is 31.1 Å². The molecule has 0 aliphatic carbocycles. The van der Waals surface area contributed by atoms with Gasteiger partial charge in [0, 0.05) is 44.8 Å². The molecule has 1 aliphatic heterocycles. The summed E-state index contributed by atoms with van der Waals surface area (Å²) in [7, 11) is 1.55. The monoisotopic (exact) mass is 374 g/mol. The van der Waals surface area contributed by atoms with Gasteiger partial charge in [0.2, 0.25) is 0 Å². The zero-order valence-corrected chi connectivity index (χ0v) is 15.4. The summed E-state index contributed by atoms with van der Waals surface area (Å²) >= 11 is 0. The molecule has 1 fully saturated rings. The number of anilines is 1. The molecular weight excluding hydrogens is 356 g/mol. The number of hydrogen-bond acceptors (Lipinski definition) is 6. The molecule has 0 atom stereocenters. The lowest BCUT2D eigenvalue weighted by molar-refractivity contribution is 0.0740. The van der Waals surface area contributed by atoms with Gasteiger partial charge in [0.25, 0.3) is 11.5 Å². The Balaban J connectivity index is 1.57. The summed E-state index contributed by atoms with van der Waals surface area (Å²) in [5.74, 6) is -0.185. The molecule has 0 N–H and O–H groups in total. The normalized spacial score (nSPS) is 14.1. The molecule has 1 saturated heterocycles. The first-order chi connectivity index (χ1) is 13.6. The van der Waals surface area contributed by atoms with E-state index in [0.717, 1.165) is 5.69 Å². The Hall–Kier alpha value is -3.73. The number of piperazine rings is 1. The van der Waals surface area contributed by atoms with Crippen LogP contribution < -0.4 is 10.5 Å². The summed E-state index contributed by atoms with van der Waals surface area (Å²) in [5, 5.41) is 14.3. The van der Waals surface area contributed by atoms with Crippen LogP contribution in [0.15, 0.2) is 47.5 Å². The van der Waals surface area contributed by atoms with E-state index in [1.807, 2.05) is 0 Å². The maximum absolute atomic E-state index is 13.1. The molecule has 8 nitrogen and oxygen atoms in total. The first-order valence-electron chi connectivity index (χ1n) is 8.94. The third kappa shape index (κ3) is 3.07. The number of fused-ring (bicyclic) bond motifs is 1. The predicted octanol–water partition coefficient (Wildman–Crippen LogP) is 1.16. The molecular formula is C20H18N6O2. The van der Waals surface area contributed by atoms with Gasteiger partial charge in [-0.2, -0.15) is 10.4 Å². The van der Waals surface area contributed by atoms with Crippen LogP contribution in [0.25, 0.3) is 10.8 Å². The van der Waals surface area contributed by atoms with E-state index >= 15 is 0 Å². The van der Waals surface area contributed by atoms with Gasteiger partial charge in [-0.1, -0.05) is 18.2 Å². The summed E-state index contributed by atoms with van der Waals surface area (Å²) < 4.78 is 1.21. The van der Waals surface area contributed by atoms with E-state index in [1.54, 1.807) is 48.5 Å². The van der Waals surface area contributed by atoms with Crippen molar-refractivity contribution < 1.29 is 4.79 Å². The minimum Gasteiger partial charge on any atom is -0.367 e. The highest BCUT2D eigenvalue weighted by Gasteiger charge is 2.25. The summed E-state index contributed by atoms with van der Waals surface area (Å²) in [5.41, 5.74) is 1.45. The largest absolute Gasteiger partial charge is 0.367 e. The molecule has 4 rings (SSSR count). The molecule has 0 bridgehead atoms. The number of pyridine rings is 1. The molecule has 2 aromatic heterocycles. The molecule has 0 saturated carbocycles. The van der Waals surface area contributed by atoms with Crippen molar-refractivity contribution >= 4 is 22.4 Å². The van der Waals surface area contributed by atoms with E-state index in [0.29, 0.717) is 48.2 Å². The summed E-state index contributed by atoms with van der Waals surface area (Å²) in [6.07, 6.45) is 3.25. The van der Waals surface area contributed by atoms with Crippen LogP contribution in [0.3, 0.4) is 0 Å². The van der Waals surface area contributed by atoms with Crippen molar-refractivity contribution in [3.8, 4) is 6.07 Å². The van der Waals surface area contributed by atoms with Crippen LogP contribution >= 0.6 is 0 Å². The summed E-state index contributed by atoms with van der Waals surface area (Å²) in [4.78, 5) is 33.3. The number of rotatable bonds is 2. The van der Waals surface area contributed by atoms with E-state index in [9.17, 15) is 9.59 Å². The Morgan fingerprint density at radius 3 is 2.54 bits per heavy atom. The quantitative estimate of drug-likeness (QED) is 0.668. The van der Waals surface area contributed by atoms with E-state index in [-0.39, 0.29) is 11.5 Å². The third-order valence-electron chi connectivity index (χ3n) is 4.94. The molecule has 0 radical (unpaired) electrons. The minimum absolute atomic E-state index is 0.185. The van der Waals surface area contributed by atoms with Crippen molar-refractivity contribution in [2.24, 2.45) is 7.05 Å². The Morgan fingerprint density at radius 2 is 1.82 bits per heavy atom. The fraction of sp³-hybridized carbons (Fsp3) is 0.250. The van der Waals surface area contributed by atoms with Crippen LogP contribution in [-0.4, -0.2) is 51.8 Å². The van der Waals surface area contributed by atoms with Gasteiger partial charge in [-0.25, -0.2) is 4.68 Å². The highest BCUT2D eigenvalue weighted by molar-refractivity contribution is 6.04. The van der Waals surface area contributed by atoms with Crippen molar-refractivity contribution in [1.29, 1.82) is 5.26 Å². The molecule has 0 spiro atoms. The van der Waals surface area contributed by atoms with Crippen LogP contribution in [0.4, 0.5) is 5.69 Å². The molecule has 3 aromatic rings. The number of amides is 1. The van der Waals surface area contributed by atoms with Crippen LogP contribution in [-0.2, 0) is 7.05 Å². The van der Waals surface area contributed by atoms with Crippen LogP contribution in [0, 0.1) is 11.3 Å². The zero-order valence-electron chi connectivity index (χ0n) is 15.4. The molecule has 1 aliphatic rings. The highest BCUT2D eigenvalue weighted by Crippen LogP contribution is 2.19. The maximum atomic E-state index is 13.1. The summed E-state index contributed by atoms with van der Waals surface area (Å²) in [6, 6.07) is 10.9.